The second kappa shape index (κ2) is 20.4. The van der Waals surface area contributed by atoms with Gasteiger partial charge < -0.3 is 14.7 Å². The third kappa shape index (κ3) is 16.7. The summed E-state index contributed by atoms with van der Waals surface area (Å²) in [5.41, 5.74) is -0.842. The smallest absolute Gasteiger partial charge is 0.303 e. The Balaban J connectivity index is 0. The molecule has 0 aromatic carbocycles. The lowest BCUT2D eigenvalue weighted by Crippen LogP contribution is -2.36. The predicted molar refractivity (Wildman–Crippen MR) is 171 cm³/mol. The molecule has 0 atom stereocenters. The summed E-state index contributed by atoms with van der Waals surface area (Å²) >= 11 is 31.7. The molecule has 0 bridgehead atoms. The van der Waals surface area contributed by atoms with Crippen LogP contribution in [-0.2, 0) is 22.7 Å². The van der Waals surface area contributed by atoms with Gasteiger partial charge in [0.05, 0.1) is 19.8 Å². The normalized spacial score (nSPS) is 13.5. The Morgan fingerprint density at radius 3 is 0.735 bits per heavy atom. The highest BCUT2D eigenvalue weighted by atomic mass is 79.9. The van der Waals surface area contributed by atoms with E-state index in [0.29, 0.717) is 48.0 Å². The summed E-state index contributed by atoms with van der Waals surface area (Å²) < 4.78 is 40.0. The zero-order chi connectivity index (χ0) is 27.1. The third-order valence-corrected chi connectivity index (χ3v) is 16.2. The summed E-state index contributed by atoms with van der Waals surface area (Å²) in [6.07, 6.45) is 0. The Bertz CT molecular complexity index is 531. The van der Waals surface area contributed by atoms with Crippen LogP contribution in [-0.4, -0.2) is 82.5 Å². The number of phosphoric acid groups is 2. The molecule has 0 aliphatic carbocycles. The molecule has 0 aromatic heterocycles. The van der Waals surface area contributed by atoms with E-state index >= 15 is 0 Å². The molecule has 3 N–H and O–H groups in total. The Morgan fingerprint density at radius 1 is 0.471 bits per heavy atom. The van der Waals surface area contributed by atoms with Crippen molar-refractivity contribution in [3.05, 3.63) is 0 Å². The van der Waals surface area contributed by atoms with E-state index in [-0.39, 0.29) is 36.1 Å². The van der Waals surface area contributed by atoms with E-state index in [0.717, 1.165) is 0 Å². The molecule has 0 saturated carbocycles. The highest BCUT2D eigenvalue weighted by Gasteiger charge is 2.40. The lowest BCUT2D eigenvalue weighted by atomic mass is 9.98. The molecule has 0 radical (unpaired) electrons. The van der Waals surface area contributed by atoms with E-state index < -0.39 is 15.6 Å². The molecule has 0 aromatic rings. The number of phosphoric ester groups is 1. The van der Waals surface area contributed by atoms with Crippen molar-refractivity contribution >= 4 is 159 Å². The van der Waals surface area contributed by atoms with E-state index in [1.165, 1.54) is 0 Å². The van der Waals surface area contributed by atoms with Crippen molar-refractivity contribution in [3.8, 4) is 0 Å². The summed E-state index contributed by atoms with van der Waals surface area (Å²) in [6.45, 7) is 0.625. The van der Waals surface area contributed by atoms with Gasteiger partial charge >= 0.3 is 15.6 Å². The molecular weight excluding hydrogens is 1090 g/mol. The van der Waals surface area contributed by atoms with Crippen LogP contribution in [0.5, 0.6) is 0 Å². The number of hydrogen-bond donors (Lipinski definition) is 3. The van der Waals surface area contributed by atoms with Crippen LogP contribution in [0.1, 0.15) is 0 Å². The van der Waals surface area contributed by atoms with Crippen molar-refractivity contribution in [3.63, 3.8) is 0 Å². The standard InChI is InChI=1S/C15H24Br9O4P.H3O4P/c16-1-13(2-17,3-18)10-26-29(25,27-11-14(4-19,5-20)6-21)28-12-15(7-22,8-23)9-24;1-5(2,3)4/h1-12H2;(H3,1,2,3,4). The molecule has 0 unspecified atom stereocenters. The van der Waals surface area contributed by atoms with Crippen LogP contribution >= 0.6 is 159 Å². The maximum atomic E-state index is 13.6. The van der Waals surface area contributed by atoms with Crippen LogP contribution in [0.4, 0.5) is 0 Å². The SMILES string of the molecule is O=P(O)(O)O.O=P(OCC(CBr)(CBr)CBr)(OCC(CBr)(CBr)CBr)OCC(CBr)(CBr)CBr. The fraction of sp³-hybridized carbons (Fsp3) is 1.00. The summed E-state index contributed by atoms with van der Waals surface area (Å²) in [6, 6.07) is 0. The Morgan fingerprint density at radius 2 is 0.618 bits per heavy atom. The Kier molecular flexibility index (Phi) is 24.4. The summed E-state index contributed by atoms with van der Waals surface area (Å²) in [4.78, 5) is 21.6. The Hall–Kier alpha value is 4.54. The van der Waals surface area contributed by atoms with Crippen molar-refractivity contribution in [1.29, 1.82) is 0 Å². The maximum Gasteiger partial charge on any atom is 0.474 e. The first-order valence-electron chi connectivity index (χ1n) is 9.03. The van der Waals surface area contributed by atoms with E-state index in [9.17, 15) is 4.57 Å². The number of alkyl halides is 9. The molecule has 34 heavy (non-hydrogen) atoms. The largest absolute Gasteiger partial charge is 0.474 e. The van der Waals surface area contributed by atoms with Crippen molar-refractivity contribution in [2.45, 2.75) is 0 Å². The van der Waals surface area contributed by atoms with Crippen LogP contribution in [0, 0.1) is 16.2 Å². The van der Waals surface area contributed by atoms with Crippen LogP contribution < -0.4 is 0 Å². The van der Waals surface area contributed by atoms with Gasteiger partial charge in [-0.2, -0.15) is 0 Å². The van der Waals surface area contributed by atoms with Gasteiger partial charge in [-0.15, -0.1) is 0 Å². The van der Waals surface area contributed by atoms with Gasteiger partial charge in [-0.3, -0.25) is 13.6 Å². The maximum absolute atomic E-state index is 13.6. The lowest BCUT2D eigenvalue weighted by Gasteiger charge is -2.34. The molecule has 0 rings (SSSR count). The minimum absolute atomic E-state index is 0.208. The van der Waals surface area contributed by atoms with Gasteiger partial charge in [-0.1, -0.05) is 143 Å². The highest BCUT2D eigenvalue weighted by molar-refractivity contribution is 9.11. The average molecular weight is 1120 g/mol. The molecule has 0 amide bonds. The minimum atomic E-state index is -4.64. The van der Waals surface area contributed by atoms with E-state index in [4.69, 9.17) is 32.8 Å². The van der Waals surface area contributed by atoms with Crippen LogP contribution in [0.25, 0.3) is 0 Å². The van der Waals surface area contributed by atoms with Gasteiger partial charge in [0.25, 0.3) is 0 Å². The van der Waals surface area contributed by atoms with Gasteiger partial charge in [0.15, 0.2) is 0 Å². The second-order valence-electron chi connectivity index (χ2n) is 7.48. The monoisotopic (exact) mass is 1110 g/mol. The quantitative estimate of drug-likeness (QED) is 0.0943. The first kappa shape index (κ1) is 40.7. The fourth-order valence-corrected chi connectivity index (χ4v) is 12.8. The van der Waals surface area contributed by atoms with E-state index in [1.54, 1.807) is 0 Å². The zero-order valence-electron chi connectivity index (χ0n) is 17.7. The number of halogens is 9. The molecular formula is C15H27Br9O8P2. The molecule has 0 fully saturated rings. The first-order valence-corrected chi connectivity index (χ1v) is 22.1. The van der Waals surface area contributed by atoms with Crippen LogP contribution in [0.2, 0.25) is 0 Å². The number of rotatable bonds is 18. The van der Waals surface area contributed by atoms with Gasteiger partial charge in [0.1, 0.15) is 0 Å². The molecule has 8 nitrogen and oxygen atoms in total. The molecule has 0 spiro atoms. The van der Waals surface area contributed by atoms with Gasteiger partial charge in [-0.05, 0) is 0 Å². The first-order chi connectivity index (χ1) is 15.7. The molecule has 0 aliphatic heterocycles. The van der Waals surface area contributed by atoms with Gasteiger partial charge in [-0.25, -0.2) is 9.13 Å². The molecule has 0 saturated heterocycles. The van der Waals surface area contributed by atoms with Crippen molar-refractivity contribution in [2.75, 3.05) is 67.8 Å². The average Bonchev–Trinajstić information content (AvgIpc) is 2.82. The Labute approximate surface area is 276 Å². The fourth-order valence-electron chi connectivity index (χ4n) is 1.43. The van der Waals surface area contributed by atoms with E-state index in [2.05, 4.69) is 143 Å². The molecule has 0 aliphatic rings. The molecule has 0 heterocycles. The topological polar surface area (TPSA) is 123 Å². The predicted octanol–water partition coefficient (Wildman–Crippen LogP) is 7.73. The van der Waals surface area contributed by atoms with Crippen LogP contribution in [0.3, 0.4) is 0 Å². The van der Waals surface area contributed by atoms with Crippen molar-refractivity contribution in [1.82, 2.24) is 0 Å². The molecule has 208 valence electrons. The lowest BCUT2D eigenvalue weighted by molar-refractivity contribution is 0.0580. The van der Waals surface area contributed by atoms with E-state index in [1.807, 2.05) is 0 Å². The summed E-state index contributed by atoms with van der Waals surface area (Å²) in [5, 5.41) is 5.99. The minimum Gasteiger partial charge on any atom is -0.303 e. The van der Waals surface area contributed by atoms with Crippen molar-refractivity contribution < 1.29 is 37.4 Å². The van der Waals surface area contributed by atoms with Crippen LogP contribution in [0.15, 0.2) is 0 Å². The highest BCUT2D eigenvalue weighted by Crippen LogP contribution is 2.53. The second-order valence-corrected chi connectivity index (χ2v) is 15.2. The zero-order valence-corrected chi connectivity index (χ0v) is 33.7. The van der Waals surface area contributed by atoms with Gasteiger partial charge in [0, 0.05) is 64.2 Å². The van der Waals surface area contributed by atoms with Gasteiger partial charge in [0.2, 0.25) is 0 Å². The number of hydrogen-bond acceptors (Lipinski definition) is 5. The molecule has 19 heteroatoms. The third-order valence-electron chi connectivity index (χ3n) is 4.14. The van der Waals surface area contributed by atoms with Crippen molar-refractivity contribution in [2.24, 2.45) is 16.2 Å². The summed E-state index contributed by atoms with van der Waals surface area (Å²) in [5.74, 6) is 0. The summed E-state index contributed by atoms with van der Waals surface area (Å²) in [7, 11) is -8.45.